The Bertz CT molecular complexity index is 698. The molecule has 13 heteroatoms. The summed E-state index contributed by atoms with van der Waals surface area (Å²) in [6.45, 7) is 7.83. The summed E-state index contributed by atoms with van der Waals surface area (Å²) in [5, 5.41) is 12.3. The maximum atomic E-state index is 12.6. The Labute approximate surface area is 244 Å². The van der Waals surface area contributed by atoms with Gasteiger partial charge in [-0.25, -0.2) is 0 Å². The van der Waals surface area contributed by atoms with Crippen molar-refractivity contribution in [3.05, 3.63) is 0 Å². The van der Waals surface area contributed by atoms with Gasteiger partial charge in [-0.2, -0.15) is 0 Å². The quantitative estimate of drug-likeness (QED) is 0.0443. The number of nitrogens with two attached hydrogens (primary N) is 2. The first-order valence-electron chi connectivity index (χ1n) is 14.9. The summed E-state index contributed by atoms with van der Waals surface area (Å²) < 4.78 is 0. The van der Waals surface area contributed by atoms with Crippen LogP contribution in [-0.4, -0.2) is 119 Å². The summed E-state index contributed by atoms with van der Waals surface area (Å²) in [6.07, 6.45) is 8.50. The molecule has 0 aliphatic carbocycles. The summed E-state index contributed by atoms with van der Waals surface area (Å²) in [5.74, 6) is 1.44. The van der Waals surface area contributed by atoms with Gasteiger partial charge in [0.25, 0.3) is 0 Å². The lowest BCUT2D eigenvalue weighted by Crippen LogP contribution is -2.46. The summed E-state index contributed by atoms with van der Waals surface area (Å²) in [6, 6.07) is -0.218. The Hall–Kier alpha value is -1.85. The van der Waals surface area contributed by atoms with E-state index in [1.54, 1.807) is 14.1 Å². The number of hydrogen-bond donors (Lipinski definition) is 6. The maximum absolute atomic E-state index is 12.6. The number of carbonyl (C=O) groups excluding carboxylic acids is 2. The molecule has 0 amide bonds. The molecule has 0 aromatic heterocycles. The van der Waals surface area contributed by atoms with Gasteiger partial charge in [-0.1, -0.05) is 9.39 Å². The molecule has 232 valence electrons. The molecule has 8 N–H and O–H groups in total. The second kappa shape index (κ2) is 22.8. The van der Waals surface area contributed by atoms with Gasteiger partial charge in [-0.15, -0.1) is 0 Å². The lowest BCUT2D eigenvalue weighted by molar-refractivity contribution is -0.121. The highest BCUT2D eigenvalue weighted by molar-refractivity contribution is 7.13. The van der Waals surface area contributed by atoms with Gasteiger partial charge in [0.15, 0.2) is 11.9 Å². The minimum absolute atomic E-state index is 0.0911. The van der Waals surface area contributed by atoms with Crippen molar-refractivity contribution < 1.29 is 9.59 Å². The van der Waals surface area contributed by atoms with Gasteiger partial charge >= 0.3 is 0 Å². The van der Waals surface area contributed by atoms with Gasteiger partial charge in [0.2, 0.25) is 0 Å². The van der Waals surface area contributed by atoms with E-state index in [0.29, 0.717) is 37.1 Å². The maximum Gasteiger partial charge on any atom is 0.188 e. The third kappa shape index (κ3) is 16.4. The Morgan fingerprint density at radius 2 is 1.18 bits per heavy atom. The topological polar surface area (TPSA) is 165 Å². The minimum Gasteiger partial charge on any atom is -0.370 e. The van der Waals surface area contributed by atoms with Crippen molar-refractivity contribution in [2.24, 2.45) is 21.5 Å². The molecule has 0 aromatic rings. The average molecular weight is 585 g/mol. The van der Waals surface area contributed by atoms with Crippen LogP contribution in [-0.2, 0) is 9.59 Å². The fourth-order valence-electron chi connectivity index (χ4n) is 4.86. The number of guanidine groups is 2. The Morgan fingerprint density at radius 3 is 1.57 bits per heavy atom. The lowest BCUT2D eigenvalue weighted by Gasteiger charge is -2.34. The van der Waals surface area contributed by atoms with Crippen molar-refractivity contribution in [2.45, 2.75) is 76.3 Å². The molecule has 3 unspecified atom stereocenters. The molecule has 0 radical (unpaired) electrons. The second-order valence-corrected chi connectivity index (χ2v) is 10.8. The zero-order valence-electron chi connectivity index (χ0n) is 25.2. The third-order valence-electron chi connectivity index (χ3n) is 7.52. The molecule has 12 nitrogen and oxygen atoms in total. The Morgan fingerprint density at radius 1 is 0.750 bits per heavy atom. The highest BCUT2D eigenvalue weighted by Crippen LogP contribution is 2.10. The average Bonchev–Trinajstić information content (AvgIpc) is 2.97. The van der Waals surface area contributed by atoms with E-state index >= 15 is 0 Å². The Balaban J connectivity index is 2.11. The number of unbranched alkanes of at least 4 members (excludes halogenated alkanes) is 2. The number of rotatable bonds is 22. The fraction of sp³-hybridized carbons (Fsp3) is 0.852. The largest absolute Gasteiger partial charge is 0.370 e. The second-order valence-electron chi connectivity index (χ2n) is 10.4. The van der Waals surface area contributed by atoms with Crippen molar-refractivity contribution in [1.82, 2.24) is 30.8 Å². The smallest absolute Gasteiger partial charge is 0.188 e. The molecule has 0 aromatic carbocycles. The number of nitrogens with zero attached hydrogens (tertiary/aromatic N) is 4. The number of hydrogen-bond acceptors (Lipinski definition) is 8. The van der Waals surface area contributed by atoms with Crippen molar-refractivity contribution >= 4 is 32.9 Å². The van der Waals surface area contributed by atoms with Crippen LogP contribution in [0.2, 0.25) is 0 Å². The number of piperazine rings is 1. The van der Waals surface area contributed by atoms with Crippen LogP contribution in [0.1, 0.15) is 64.2 Å². The molecule has 1 aliphatic rings. The van der Waals surface area contributed by atoms with Crippen LogP contribution in [0.15, 0.2) is 9.98 Å². The molecule has 40 heavy (non-hydrogen) atoms. The van der Waals surface area contributed by atoms with Gasteiger partial charge in [0, 0.05) is 66.2 Å². The fourth-order valence-corrected chi connectivity index (χ4v) is 5.21. The highest BCUT2D eigenvalue weighted by Gasteiger charge is 2.19. The predicted molar refractivity (Wildman–Crippen MR) is 170 cm³/mol. The van der Waals surface area contributed by atoms with E-state index < -0.39 is 0 Å². The van der Waals surface area contributed by atoms with E-state index in [2.05, 4.69) is 50.2 Å². The summed E-state index contributed by atoms with van der Waals surface area (Å²) in [7, 11) is 7.64. The third-order valence-corrected chi connectivity index (χ3v) is 7.92. The minimum atomic E-state index is -0.127. The standard InChI is InChI=1S/C27H57N10O2P/c1-30-22(10-8-14-33-26(28)31-2)24(38)12-4-6-16-36-18-20-37(21-19-36)17-7-5-13-25(39)23(35-40)11-9-15-34-27(29)32-3/h22-23,30,35H,4-21,40H2,1-3H3,(H3,28,31,33)(H3,29,32,34). The molecule has 1 rings (SSSR count). The first-order valence-corrected chi connectivity index (χ1v) is 15.5. The van der Waals surface area contributed by atoms with Crippen LogP contribution in [0, 0.1) is 0 Å². The first kappa shape index (κ1) is 36.2. The number of ketones is 2. The normalized spacial score (nSPS) is 17.0. The molecule has 0 saturated carbocycles. The molecular weight excluding hydrogens is 527 g/mol. The van der Waals surface area contributed by atoms with Crippen LogP contribution >= 0.6 is 9.39 Å². The van der Waals surface area contributed by atoms with Gasteiger partial charge in [-0.3, -0.25) is 24.7 Å². The zero-order valence-corrected chi connectivity index (χ0v) is 26.4. The number of carbonyl (C=O) groups is 2. The molecule has 0 spiro atoms. The van der Waals surface area contributed by atoms with E-state index in [1.165, 1.54) is 0 Å². The van der Waals surface area contributed by atoms with E-state index in [4.69, 9.17) is 11.5 Å². The van der Waals surface area contributed by atoms with Crippen molar-refractivity contribution in [2.75, 3.05) is 73.5 Å². The molecule has 0 bridgehead atoms. The molecule has 1 aliphatic heterocycles. The van der Waals surface area contributed by atoms with Crippen LogP contribution in [0.5, 0.6) is 0 Å². The van der Waals surface area contributed by atoms with Crippen molar-refractivity contribution in [1.29, 1.82) is 0 Å². The monoisotopic (exact) mass is 584 g/mol. The van der Waals surface area contributed by atoms with Crippen LogP contribution in [0.4, 0.5) is 0 Å². The summed E-state index contributed by atoms with van der Waals surface area (Å²) >= 11 is 0. The van der Waals surface area contributed by atoms with E-state index in [9.17, 15) is 9.59 Å². The predicted octanol–water partition coefficient (Wildman–Crippen LogP) is 0.0477. The van der Waals surface area contributed by atoms with E-state index in [0.717, 1.165) is 97.2 Å². The van der Waals surface area contributed by atoms with Gasteiger partial charge in [0.1, 0.15) is 11.6 Å². The Kier molecular flexibility index (Phi) is 20.6. The van der Waals surface area contributed by atoms with Crippen LogP contribution in [0.3, 0.4) is 0 Å². The lowest BCUT2D eigenvalue weighted by atomic mass is 10.0. The van der Waals surface area contributed by atoms with Crippen LogP contribution < -0.4 is 32.5 Å². The van der Waals surface area contributed by atoms with Crippen LogP contribution in [0.25, 0.3) is 0 Å². The van der Waals surface area contributed by atoms with Gasteiger partial charge in [0.05, 0.1) is 12.1 Å². The summed E-state index contributed by atoms with van der Waals surface area (Å²) in [5.41, 5.74) is 11.3. The number of likely N-dealkylation sites (N-methyl/N-ethyl adjacent to an activating group) is 1. The highest BCUT2D eigenvalue weighted by atomic mass is 31.0. The SMILES string of the molecule is CN=C(N)NCCCC(NC)C(=O)CCCCN1CCN(CCCCC(=O)C(CCCNC(N)=NC)NP)CC1. The first-order chi connectivity index (χ1) is 19.3. The molecule has 3 atom stereocenters. The van der Waals surface area contributed by atoms with E-state index in [1.807, 2.05) is 7.05 Å². The molecule has 1 saturated heterocycles. The van der Waals surface area contributed by atoms with Gasteiger partial charge in [-0.05, 0) is 71.5 Å². The number of aliphatic imine (C=N–C) groups is 2. The van der Waals surface area contributed by atoms with Crippen molar-refractivity contribution in [3.63, 3.8) is 0 Å². The number of nitrogens with one attached hydrogen (secondary N) is 4. The number of Topliss-reactive ketones (excluding diaryl/α,β-unsaturated/α-hetero) is 2. The molecule has 1 heterocycles. The summed E-state index contributed by atoms with van der Waals surface area (Å²) in [4.78, 5) is 37.9. The molecular formula is C27H57N10O2P. The molecule has 1 fully saturated rings. The van der Waals surface area contributed by atoms with Gasteiger partial charge < -0.3 is 37.2 Å². The van der Waals surface area contributed by atoms with E-state index in [-0.39, 0.29) is 17.9 Å². The zero-order chi connectivity index (χ0) is 29.6. The van der Waals surface area contributed by atoms with Crippen molar-refractivity contribution in [3.8, 4) is 0 Å².